The van der Waals surface area contributed by atoms with Crippen LogP contribution in [0.4, 0.5) is 0 Å². The van der Waals surface area contributed by atoms with Gasteiger partial charge in [0.05, 0.1) is 5.54 Å². The molecule has 1 atom stereocenters. The predicted octanol–water partition coefficient (Wildman–Crippen LogP) is 4.47. The van der Waals surface area contributed by atoms with Crippen molar-refractivity contribution in [1.82, 2.24) is 25.1 Å². The Hall–Kier alpha value is -1.79. The zero-order chi connectivity index (χ0) is 18.3. The topological polar surface area (TPSA) is 46.8 Å². The van der Waals surface area contributed by atoms with Crippen LogP contribution in [0.15, 0.2) is 40.8 Å². The van der Waals surface area contributed by atoms with Crippen molar-refractivity contribution in [3.05, 3.63) is 51.5 Å². The minimum atomic E-state index is 0.0417. The molecule has 5 rings (SSSR count). The fourth-order valence-electron chi connectivity index (χ4n) is 5.01. The number of nitrogens with zero attached hydrogens (tertiary/aromatic N) is 5. The monoisotopic (exact) mass is 381 g/mol. The molecule has 0 amide bonds. The van der Waals surface area contributed by atoms with E-state index in [4.69, 9.17) is 0 Å². The first-order valence-electron chi connectivity index (χ1n) is 10.2. The normalized spacial score (nSPS) is 23.6. The second-order valence-corrected chi connectivity index (χ2v) is 9.36. The van der Waals surface area contributed by atoms with E-state index in [-0.39, 0.29) is 11.6 Å². The van der Waals surface area contributed by atoms with Crippen LogP contribution in [0.25, 0.3) is 0 Å². The maximum absolute atomic E-state index is 4.59. The zero-order valence-electron chi connectivity index (χ0n) is 16.0. The van der Waals surface area contributed by atoms with Gasteiger partial charge in [-0.2, -0.15) is 0 Å². The van der Waals surface area contributed by atoms with E-state index in [1.807, 2.05) is 11.3 Å². The Bertz CT molecular complexity index is 857. The third-order valence-electron chi connectivity index (χ3n) is 6.57. The van der Waals surface area contributed by atoms with Crippen molar-refractivity contribution in [2.24, 2.45) is 0 Å². The summed E-state index contributed by atoms with van der Waals surface area (Å²) in [4.78, 5) is 3.92. The van der Waals surface area contributed by atoms with E-state index in [0.29, 0.717) is 0 Å². The second-order valence-electron chi connectivity index (χ2n) is 8.38. The van der Waals surface area contributed by atoms with E-state index < -0.39 is 0 Å². The molecule has 1 aliphatic heterocycles. The average molecular weight is 382 g/mol. The minimum Gasteiger partial charge on any atom is -0.284 e. The lowest BCUT2D eigenvalue weighted by molar-refractivity contribution is 0.166. The molecule has 0 aromatic carbocycles. The fourth-order valence-corrected chi connectivity index (χ4v) is 5.86. The molecule has 1 saturated carbocycles. The van der Waals surface area contributed by atoms with Crippen molar-refractivity contribution in [3.8, 4) is 0 Å². The summed E-state index contributed by atoms with van der Waals surface area (Å²) in [7, 11) is 0. The van der Waals surface area contributed by atoms with Crippen LogP contribution < -0.4 is 0 Å². The summed E-state index contributed by atoms with van der Waals surface area (Å²) in [6, 6.07) is 4.53. The second kappa shape index (κ2) is 6.99. The lowest BCUT2D eigenvalue weighted by atomic mass is 9.83. The molecule has 0 radical (unpaired) electrons. The van der Waals surface area contributed by atoms with Crippen LogP contribution in [0.1, 0.15) is 68.6 Å². The van der Waals surface area contributed by atoms with Crippen molar-refractivity contribution in [3.63, 3.8) is 0 Å². The van der Waals surface area contributed by atoms with Gasteiger partial charge in [0.15, 0.2) is 5.82 Å². The number of tetrazole rings is 1. The fraction of sp³-hybridized carbons (Fsp3) is 0.571. The summed E-state index contributed by atoms with van der Waals surface area (Å²) in [6.45, 7) is 4.42. The maximum Gasteiger partial charge on any atom is 0.174 e. The SMILES string of the molecule is CC1(n2nnnc2C(c2cccs2)N2CCC3=C(C=CC3)C2)CCCCC1. The molecule has 2 aliphatic carbocycles. The Kier molecular flexibility index (Phi) is 4.48. The van der Waals surface area contributed by atoms with Gasteiger partial charge in [-0.3, -0.25) is 4.90 Å². The number of rotatable bonds is 4. The number of aromatic nitrogens is 4. The van der Waals surface area contributed by atoms with Crippen LogP contribution in [0.2, 0.25) is 0 Å². The van der Waals surface area contributed by atoms with Gasteiger partial charge in [0.25, 0.3) is 0 Å². The van der Waals surface area contributed by atoms with Crippen molar-refractivity contribution in [2.45, 2.75) is 63.5 Å². The van der Waals surface area contributed by atoms with Crippen LogP contribution in [0.5, 0.6) is 0 Å². The molecule has 27 heavy (non-hydrogen) atoms. The minimum absolute atomic E-state index is 0.0417. The molecule has 0 saturated heterocycles. The lowest BCUT2D eigenvalue weighted by Gasteiger charge is -2.38. The van der Waals surface area contributed by atoms with E-state index in [9.17, 15) is 0 Å². The molecule has 0 N–H and O–H groups in total. The standard InChI is InChI=1S/C21H27N5S/c1-21(11-3-2-4-12-21)26-20(22-23-24-26)19(18-9-6-14-27-18)25-13-10-16-7-5-8-17(16)15-25/h5-6,8-9,14,19H,2-4,7,10-13,15H2,1H3. The van der Waals surface area contributed by atoms with Crippen molar-refractivity contribution in [2.75, 3.05) is 13.1 Å². The summed E-state index contributed by atoms with van der Waals surface area (Å²) >= 11 is 1.82. The quantitative estimate of drug-likeness (QED) is 0.784. The van der Waals surface area contributed by atoms with Gasteiger partial charge in [-0.05, 0) is 60.1 Å². The number of thiophene rings is 1. The van der Waals surface area contributed by atoms with Gasteiger partial charge in [0.1, 0.15) is 6.04 Å². The molecular weight excluding hydrogens is 354 g/mol. The van der Waals surface area contributed by atoms with E-state index in [1.54, 1.807) is 5.57 Å². The van der Waals surface area contributed by atoms with Crippen molar-refractivity contribution < 1.29 is 0 Å². The highest BCUT2D eigenvalue weighted by Gasteiger charge is 2.38. The first-order chi connectivity index (χ1) is 13.2. The van der Waals surface area contributed by atoms with Gasteiger partial charge in [-0.1, -0.05) is 43.1 Å². The van der Waals surface area contributed by atoms with Crippen molar-refractivity contribution >= 4 is 11.3 Å². The molecule has 0 bridgehead atoms. The highest BCUT2D eigenvalue weighted by Crippen LogP contribution is 2.40. The maximum atomic E-state index is 4.59. The van der Waals surface area contributed by atoms with E-state index >= 15 is 0 Å². The number of hydrogen-bond donors (Lipinski definition) is 0. The zero-order valence-corrected chi connectivity index (χ0v) is 16.8. The molecule has 3 heterocycles. The molecule has 2 aromatic heterocycles. The summed E-state index contributed by atoms with van der Waals surface area (Å²) in [6.07, 6.45) is 13.1. The van der Waals surface area contributed by atoms with E-state index in [1.165, 1.54) is 42.6 Å². The summed E-state index contributed by atoms with van der Waals surface area (Å²) in [5.41, 5.74) is 3.17. The molecule has 142 valence electrons. The van der Waals surface area contributed by atoms with Crippen molar-refractivity contribution in [1.29, 1.82) is 0 Å². The first kappa shape index (κ1) is 17.3. The summed E-state index contributed by atoms with van der Waals surface area (Å²) < 4.78 is 2.17. The van der Waals surface area contributed by atoms with Crippen LogP contribution in [-0.2, 0) is 5.54 Å². The Morgan fingerprint density at radius 1 is 1.22 bits per heavy atom. The third kappa shape index (κ3) is 3.09. The van der Waals surface area contributed by atoms with Gasteiger partial charge < -0.3 is 0 Å². The molecule has 1 fully saturated rings. The molecule has 6 heteroatoms. The molecule has 3 aliphatic rings. The summed E-state index contributed by atoms with van der Waals surface area (Å²) in [5.74, 6) is 1.02. The van der Waals surface area contributed by atoms with E-state index in [2.05, 4.69) is 61.7 Å². The highest BCUT2D eigenvalue weighted by atomic mass is 32.1. The Morgan fingerprint density at radius 2 is 2.11 bits per heavy atom. The Balaban J connectivity index is 1.53. The molecule has 0 spiro atoms. The van der Waals surface area contributed by atoms with Gasteiger partial charge in [0, 0.05) is 18.0 Å². The Labute approximate surface area is 164 Å². The molecular formula is C21H27N5S. The number of allylic oxidation sites excluding steroid dienone is 1. The summed E-state index contributed by atoms with van der Waals surface area (Å²) in [5, 5.41) is 15.4. The predicted molar refractivity (Wildman–Crippen MR) is 108 cm³/mol. The van der Waals surface area contributed by atoms with E-state index in [0.717, 1.165) is 31.8 Å². The lowest BCUT2D eigenvalue weighted by Crippen LogP contribution is -2.40. The largest absolute Gasteiger partial charge is 0.284 e. The Morgan fingerprint density at radius 3 is 2.93 bits per heavy atom. The van der Waals surface area contributed by atoms with Gasteiger partial charge in [0.2, 0.25) is 0 Å². The molecule has 5 nitrogen and oxygen atoms in total. The van der Waals surface area contributed by atoms with Gasteiger partial charge >= 0.3 is 0 Å². The number of hydrogen-bond acceptors (Lipinski definition) is 5. The third-order valence-corrected chi connectivity index (χ3v) is 7.49. The highest BCUT2D eigenvalue weighted by molar-refractivity contribution is 7.10. The first-order valence-corrected chi connectivity index (χ1v) is 11.1. The van der Waals surface area contributed by atoms with Crippen LogP contribution in [0.3, 0.4) is 0 Å². The van der Waals surface area contributed by atoms with Crippen LogP contribution in [-0.4, -0.2) is 38.2 Å². The molecule has 2 aromatic rings. The van der Waals surface area contributed by atoms with Crippen LogP contribution >= 0.6 is 11.3 Å². The molecule has 1 unspecified atom stereocenters. The van der Waals surface area contributed by atoms with Gasteiger partial charge in [-0.25, -0.2) is 4.68 Å². The smallest absolute Gasteiger partial charge is 0.174 e. The average Bonchev–Trinajstić information content (AvgIpc) is 3.44. The van der Waals surface area contributed by atoms with Gasteiger partial charge in [-0.15, -0.1) is 16.4 Å². The van der Waals surface area contributed by atoms with Crippen LogP contribution in [0, 0.1) is 0 Å².